The van der Waals surface area contributed by atoms with Gasteiger partial charge in [-0.3, -0.25) is 4.79 Å². The number of hydrogen-bond donors (Lipinski definition) is 2. The first-order valence-corrected chi connectivity index (χ1v) is 7.07. The van der Waals surface area contributed by atoms with Crippen LogP contribution in [0.5, 0.6) is 0 Å². The third-order valence-electron chi connectivity index (χ3n) is 3.57. The minimum atomic E-state index is 0. The van der Waals surface area contributed by atoms with Crippen molar-refractivity contribution in [3.63, 3.8) is 0 Å². The Kier molecular flexibility index (Phi) is 6.72. The summed E-state index contributed by atoms with van der Waals surface area (Å²) < 4.78 is 5.61. The second-order valence-electron chi connectivity index (χ2n) is 5.03. The van der Waals surface area contributed by atoms with Crippen LogP contribution >= 0.6 is 12.4 Å². The Labute approximate surface area is 131 Å². The van der Waals surface area contributed by atoms with Crippen LogP contribution in [-0.2, 0) is 11.2 Å². The topological polar surface area (TPSA) is 54.3 Å². The van der Waals surface area contributed by atoms with Crippen LogP contribution in [0.4, 0.5) is 0 Å². The SMILES string of the molecule is CCNCCNC(=O)Cc1coc2c(C)c(C)ccc12.Cl. The van der Waals surface area contributed by atoms with E-state index in [0.717, 1.165) is 35.2 Å². The molecular formula is C16H23ClN2O2. The molecule has 0 aliphatic heterocycles. The summed E-state index contributed by atoms with van der Waals surface area (Å²) in [5, 5.41) is 7.11. The Hall–Kier alpha value is -1.52. The first kappa shape index (κ1) is 17.5. The van der Waals surface area contributed by atoms with E-state index in [1.807, 2.05) is 19.9 Å². The van der Waals surface area contributed by atoms with Gasteiger partial charge in [0.15, 0.2) is 0 Å². The molecule has 1 aromatic heterocycles. The Morgan fingerprint density at radius 2 is 2.00 bits per heavy atom. The van der Waals surface area contributed by atoms with Gasteiger partial charge >= 0.3 is 0 Å². The third-order valence-corrected chi connectivity index (χ3v) is 3.57. The first-order valence-electron chi connectivity index (χ1n) is 7.07. The molecule has 1 aromatic carbocycles. The number of nitrogens with one attached hydrogen (secondary N) is 2. The number of furan rings is 1. The second-order valence-corrected chi connectivity index (χ2v) is 5.03. The molecule has 5 heteroatoms. The van der Waals surface area contributed by atoms with Crippen LogP contribution in [0, 0.1) is 13.8 Å². The summed E-state index contributed by atoms with van der Waals surface area (Å²) >= 11 is 0. The van der Waals surface area contributed by atoms with Crippen LogP contribution in [0.3, 0.4) is 0 Å². The molecule has 1 amide bonds. The number of fused-ring (bicyclic) bond motifs is 1. The fraction of sp³-hybridized carbons (Fsp3) is 0.438. The fourth-order valence-corrected chi connectivity index (χ4v) is 2.23. The molecular weight excluding hydrogens is 288 g/mol. The maximum absolute atomic E-state index is 11.9. The zero-order valence-corrected chi connectivity index (χ0v) is 13.6. The number of benzene rings is 1. The summed E-state index contributed by atoms with van der Waals surface area (Å²) in [6, 6.07) is 4.10. The number of likely N-dealkylation sites (N-methyl/N-ethyl adjacent to an activating group) is 1. The van der Waals surface area contributed by atoms with Crippen LogP contribution in [-0.4, -0.2) is 25.5 Å². The Morgan fingerprint density at radius 3 is 2.71 bits per heavy atom. The Morgan fingerprint density at radius 1 is 1.24 bits per heavy atom. The van der Waals surface area contributed by atoms with Crippen molar-refractivity contribution in [2.45, 2.75) is 27.2 Å². The van der Waals surface area contributed by atoms with Crippen molar-refractivity contribution in [2.75, 3.05) is 19.6 Å². The molecule has 0 radical (unpaired) electrons. The minimum Gasteiger partial charge on any atom is -0.464 e. The number of rotatable bonds is 6. The Bertz CT molecular complexity index is 608. The zero-order chi connectivity index (χ0) is 14.5. The molecule has 1 heterocycles. The second kappa shape index (κ2) is 8.05. The van der Waals surface area contributed by atoms with E-state index in [4.69, 9.17) is 4.42 Å². The van der Waals surface area contributed by atoms with Crippen LogP contribution < -0.4 is 10.6 Å². The van der Waals surface area contributed by atoms with Crippen molar-refractivity contribution in [2.24, 2.45) is 0 Å². The number of carbonyl (C=O) groups excluding carboxylic acids is 1. The quantitative estimate of drug-likeness (QED) is 0.807. The number of aryl methyl sites for hydroxylation is 2. The molecule has 2 aromatic rings. The summed E-state index contributed by atoms with van der Waals surface area (Å²) in [5.41, 5.74) is 4.18. The summed E-state index contributed by atoms with van der Waals surface area (Å²) in [6.07, 6.45) is 2.06. The van der Waals surface area contributed by atoms with Crippen molar-refractivity contribution >= 4 is 29.3 Å². The van der Waals surface area contributed by atoms with Gasteiger partial charge in [-0.25, -0.2) is 0 Å². The minimum absolute atomic E-state index is 0. The van der Waals surface area contributed by atoms with Gasteiger partial charge < -0.3 is 15.1 Å². The van der Waals surface area contributed by atoms with Gasteiger partial charge in [-0.2, -0.15) is 0 Å². The lowest BCUT2D eigenvalue weighted by atomic mass is 10.0. The van der Waals surface area contributed by atoms with E-state index in [-0.39, 0.29) is 18.3 Å². The van der Waals surface area contributed by atoms with Gasteiger partial charge in [-0.05, 0) is 31.5 Å². The highest BCUT2D eigenvalue weighted by Crippen LogP contribution is 2.26. The largest absolute Gasteiger partial charge is 0.464 e. The highest BCUT2D eigenvalue weighted by atomic mass is 35.5. The van der Waals surface area contributed by atoms with Gasteiger partial charge in [-0.1, -0.05) is 19.1 Å². The molecule has 0 saturated carbocycles. The molecule has 2 rings (SSSR count). The van der Waals surface area contributed by atoms with Gasteiger partial charge in [0.05, 0.1) is 12.7 Å². The molecule has 0 aliphatic rings. The summed E-state index contributed by atoms with van der Waals surface area (Å²) in [7, 11) is 0. The molecule has 0 bridgehead atoms. The lowest BCUT2D eigenvalue weighted by molar-refractivity contribution is -0.120. The van der Waals surface area contributed by atoms with E-state index in [0.29, 0.717) is 13.0 Å². The predicted molar refractivity (Wildman–Crippen MR) is 88.2 cm³/mol. The molecule has 0 unspecified atom stereocenters. The van der Waals surface area contributed by atoms with Gasteiger partial charge in [0.2, 0.25) is 5.91 Å². The standard InChI is InChI=1S/C16H22N2O2.ClH/c1-4-17-7-8-18-15(19)9-13-10-20-16-12(3)11(2)5-6-14(13)16;/h5-6,10,17H,4,7-9H2,1-3H3,(H,18,19);1H. The smallest absolute Gasteiger partial charge is 0.224 e. The van der Waals surface area contributed by atoms with Crippen LogP contribution in [0.2, 0.25) is 0 Å². The summed E-state index contributed by atoms with van der Waals surface area (Å²) in [4.78, 5) is 11.9. The van der Waals surface area contributed by atoms with E-state index in [1.54, 1.807) is 6.26 Å². The summed E-state index contributed by atoms with van der Waals surface area (Å²) in [5.74, 6) is 0.0313. The number of halogens is 1. The number of carbonyl (C=O) groups is 1. The van der Waals surface area contributed by atoms with Gasteiger partial charge in [0.25, 0.3) is 0 Å². The lowest BCUT2D eigenvalue weighted by Gasteiger charge is -2.05. The molecule has 0 spiro atoms. The molecule has 0 saturated heterocycles. The molecule has 0 fully saturated rings. The van der Waals surface area contributed by atoms with Crippen molar-refractivity contribution in [3.8, 4) is 0 Å². The van der Waals surface area contributed by atoms with Crippen molar-refractivity contribution in [1.82, 2.24) is 10.6 Å². The van der Waals surface area contributed by atoms with E-state index < -0.39 is 0 Å². The van der Waals surface area contributed by atoms with Crippen LogP contribution in [0.15, 0.2) is 22.8 Å². The van der Waals surface area contributed by atoms with Crippen molar-refractivity contribution in [3.05, 3.63) is 35.1 Å². The molecule has 21 heavy (non-hydrogen) atoms. The number of amides is 1. The molecule has 0 atom stereocenters. The highest BCUT2D eigenvalue weighted by Gasteiger charge is 2.12. The predicted octanol–water partition coefficient (Wildman–Crippen LogP) is 2.74. The monoisotopic (exact) mass is 310 g/mol. The maximum Gasteiger partial charge on any atom is 0.224 e. The number of hydrogen-bond acceptors (Lipinski definition) is 3. The molecule has 2 N–H and O–H groups in total. The van der Waals surface area contributed by atoms with Gasteiger partial charge in [0, 0.05) is 24.0 Å². The third kappa shape index (κ3) is 4.22. The molecule has 116 valence electrons. The van der Waals surface area contributed by atoms with Crippen LogP contribution in [0.25, 0.3) is 11.0 Å². The van der Waals surface area contributed by atoms with E-state index >= 15 is 0 Å². The van der Waals surface area contributed by atoms with Crippen molar-refractivity contribution in [1.29, 1.82) is 0 Å². The normalized spacial score (nSPS) is 10.4. The van der Waals surface area contributed by atoms with E-state index in [1.165, 1.54) is 5.56 Å². The average Bonchev–Trinajstić information content (AvgIpc) is 2.83. The Balaban J connectivity index is 0.00000220. The zero-order valence-electron chi connectivity index (χ0n) is 12.8. The van der Waals surface area contributed by atoms with Crippen molar-refractivity contribution < 1.29 is 9.21 Å². The average molecular weight is 311 g/mol. The highest BCUT2D eigenvalue weighted by molar-refractivity contribution is 5.89. The summed E-state index contributed by atoms with van der Waals surface area (Å²) in [6.45, 7) is 8.52. The van der Waals surface area contributed by atoms with E-state index in [2.05, 4.69) is 23.6 Å². The molecule has 4 nitrogen and oxygen atoms in total. The molecule has 0 aliphatic carbocycles. The van der Waals surface area contributed by atoms with Gasteiger partial charge in [-0.15, -0.1) is 12.4 Å². The maximum atomic E-state index is 11.9. The lowest BCUT2D eigenvalue weighted by Crippen LogP contribution is -2.32. The fourth-order valence-electron chi connectivity index (χ4n) is 2.23. The van der Waals surface area contributed by atoms with Gasteiger partial charge in [0.1, 0.15) is 5.58 Å². The van der Waals surface area contributed by atoms with Crippen LogP contribution in [0.1, 0.15) is 23.6 Å². The van der Waals surface area contributed by atoms with E-state index in [9.17, 15) is 4.79 Å². The first-order chi connectivity index (χ1) is 9.63.